The molecule has 0 bridgehead atoms. The Labute approximate surface area is 171 Å². The molecule has 4 rings (SSSR count). The average Bonchev–Trinajstić information content (AvgIpc) is 3.25. The van der Waals surface area contributed by atoms with Crippen LogP contribution in [0.3, 0.4) is 0 Å². The topological polar surface area (TPSA) is 109 Å². The molecule has 4 aromatic rings. The number of aromatic carboxylic acids is 1. The first-order valence-electron chi connectivity index (χ1n) is 7.84. The number of hydrogen-bond donors (Lipinski definition) is 2. The smallest absolute Gasteiger partial charge is 0.349 e. The molecule has 0 saturated heterocycles. The van der Waals surface area contributed by atoms with Crippen LogP contribution < -0.4 is 0 Å². The Bertz CT molecular complexity index is 1330. The lowest BCUT2D eigenvalue weighted by molar-refractivity contribution is 0.0699. The second kappa shape index (κ2) is 6.73. The quantitative estimate of drug-likeness (QED) is 0.455. The fraction of sp³-hybridized carbons (Fsp3) is 0. The molecule has 1 aromatic carbocycles. The summed E-state index contributed by atoms with van der Waals surface area (Å²) in [4.78, 5) is 15.9. The molecule has 2 N–H and O–H groups in total. The number of fused-ring (bicyclic) bond motifs is 1. The lowest BCUT2D eigenvalue weighted by atomic mass is 10.1. The van der Waals surface area contributed by atoms with E-state index in [9.17, 15) is 23.4 Å². The number of aromatic hydroxyl groups is 1. The van der Waals surface area contributed by atoms with Gasteiger partial charge in [0.25, 0.3) is 10.0 Å². The van der Waals surface area contributed by atoms with E-state index in [0.717, 1.165) is 15.3 Å². The van der Waals surface area contributed by atoms with Gasteiger partial charge in [-0.15, -0.1) is 11.3 Å². The number of nitrogens with zero attached hydrogens (tertiary/aromatic N) is 2. The van der Waals surface area contributed by atoms with Gasteiger partial charge in [0.2, 0.25) is 0 Å². The van der Waals surface area contributed by atoms with Crippen LogP contribution in [0.25, 0.3) is 21.5 Å². The Morgan fingerprint density at radius 1 is 1.14 bits per heavy atom. The summed E-state index contributed by atoms with van der Waals surface area (Å²) in [5.41, 5.74) is 0.768. The van der Waals surface area contributed by atoms with Crippen molar-refractivity contribution in [2.75, 3.05) is 0 Å². The molecule has 0 aliphatic heterocycles. The molecule has 28 heavy (non-hydrogen) atoms. The second-order valence-electron chi connectivity index (χ2n) is 5.75. The normalized spacial score (nSPS) is 11.8. The Balaban J connectivity index is 1.94. The van der Waals surface area contributed by atoms with E-state index in [-0.39, 0.29) is 25.6 Å². The molecular formula is C18H11BrN2O5S2. The highest BCUT2D eigenvalue weighted by Gasteiger charge is 2.25. The summed E-state index contributed by atoms with van der Waals surface area (Å²) in [6.45, 7) is 0. The Morgan fingerprint density at radius 2 is 1.86 bits per heavy atom. The van der Waals surface area contributed by atoms with Crippen molar-refractivity contribution in [3.63, 3.8) is 0 Å². The molecule has 0 fully saturated rings. The maximum absolute atomic E-state index is 13.0. The summed E-state index contributed by atoms with van der Waals surface area (Å²) < 4.78 is 27.3. The van der Waals surface area contributed by atoms with E-state index in [0.29, 0.717) is 15.8 Å². The highest BCUT2D eigenvalue weighted by molar-refractivity contribution is 9.10. The van der Waals surface area contributed by atoms with Gasteiger partial charge in [0, 0.05) is 23.3 Å². The van der Waals surface area contributed by atoms with E-state index in [1.54, 1.807) is 30.3 Å². The summed E-state index contributed by atoms with van der Waals surface area (Å²) in [6.07, 6.45) is 2.85. The van der Waals surface area contributed by atoms with Crippen LogP contribution in [0.1, 0.15) is 9.67 Å². The molecule has 7 nitrogen and oxygen atoms in total. The van der Waals surface area contributed by atoms with Crippen LogP contribution in [0.5, 0.6) is 5.75 Å². The fourth-order valence-corrected chi connectivity index (χ4v) is 5.91. The minimum Gasteiger partial charge on any atom is -0.505 e. The van der Waals surface area contributed by atoms with Crippen molar-refractivity contribution >= 4 is 54.3 Å². The summed E-state index contributed by atoms with van der Waals surface area (Å²) in [5.74, 6) is -1.61. The van der Waals surface area contributed by atoms with Crippen molar-refractivity contribution in [2.45, 2.75) is 4.90 Å². The maximum Gasteiger partial charge on any atom is 0.349 e. The molecule has 0 aliphatic rings. The van der Waals surface area contributed by atoms with Gasteiger partial charge in [-0.1, -0.05) is 18.2 Å². The number of carboxylic acids is 1. The first-order valence-corrected chi connectivity index (χ1v) is 10.9. The monoisotopic (exact) mass is 478 g/mol. The van der Waals surface area contributed by atoms with Gasteiger partial charge in [-0.05, 0) is 40.2 Å². The summed E-state index contributed by atoms with van der Waals surface area (Å²) >= 11 is 4.12. The van der Waals surface area contributed by atoms with Crippen molar-refractivity contribution in [3.8, 4) is 16.2 Å². The number of aromatic nitrogens is 2. The van der Waals surface area contributed by atoms with Crippen LogP contribution in [0, 0.1) is 0 Å². The van der Waals surface area contributed by atoms with Gasteiger partial charge in [-0.2, -0.15) is 0 Å². The number of hydrogen-bond acceptors (Lipinski definition) is 6. The minimum absolute atomic E-state index is 0.128. The third-order valence-corrected chi connectivity index (χ3v) is 8.03. The largest absolute Gasteiger partial charge is 0.505 e. The van der Waals surface area contributed by atoms with Crippen LogP contribution in [0.4, 0.5) is 0 Å². The van der Waals surface area contributed by atoms with Crippen LogP contribution in [0.15, 0.2) is 64.2 Å². The first kappa shape index (κ1) is 18.7. The van der Waals surface area contributed by atoms with E-state index < -0.39 is 16.0 Å². The summed E-state index contributed by atoms with van der Waals surface area (Å²) in [7, 11) is -3.85. The standard InChI is InChI=1S/C18H11BrN2O5S2/c19-13-14(22)16(18(23)24)27-15(13)11-6-8-20-17-12(11)7-9-21(17)28(25,26)10-4-2-1-3-5-10/h1-9,22H,(H,23,24). The van der Waals surface area contributed by atoms with E-state index >= 15 is 0 Å². The lowest BCUT2D eigenvalue weighted by Crippen LogP contribution is -2.12. The molecule has 0 unspecified atom stereocenters. The zero-order valence-corrected chi connectivity index (χ0v) is 17.1. The number of rotatable bonds is 4. The van der Waals surface area contributed by atoms with Crippen LogP contribution in [-0.4, -0.2) is 33.6 Å². The number of carboxylic acid groups (broad SMARTS) is 1. The highest BCUT2D eigenvalue weighted by atomic mass is 79.9. The Hall–Kier alpha value is -2.69. The van der Waals surface area contributed by atoms with Gasteiger partial charge in [-0.25, -0.2) is 22.2 Å². The SMILES string of the molecule is O=C(O)c1sc(-c2ccnc3c2ccn3S(=O)(=O)c2ccccc2)c(Br)c1O. The number of halogens is 1. The van der Waals surface area contributed by atoms with E-state index in [2.05, 4.69) is 20.9 Å². The molecule has 0 radical (unpaired) electrons. The third kappa shape index (κ3) is 2.81. The van der Waals surface area contributed by atoms with Gasteiger partial charge < -0.3 is 10.2 Å². The molecule has 0 atom stereocenters. The zero-order valence-electron chi connectivity index (χ0n) is 13.9. The van der Waals surface area contributed by atoms with E-state index in [1.165, 1.54) is 24.5 Å². The van der Waals surface area contributed by atoms with Crippen molar-refractivity contribution in [1.82, 2.24) is 8.96 Å². The van der Waals surface area contributed by atoms with Crippen LogP contribution in [0.2, 0.25) is 0 Å². The van der Waals surface area contributed by atoms with Gasteiger partial charge >= 0.3 is 5.97 Å². The Morgan fingerprint density at radius 3 is 2.50 bits per heavy atom. The van der Waals surface area contributed by atoms with E-state index in [4.69, 9.17) is 0 Å². The lowest BCUT2D eigenvalue weighted by Gasteiger charge is -2.07. The molecule has 3 heterocycles. The minimum atomic E-state index is -3.85. The van der Waals surface area contributed by atoms with Gasteiger partial charge in [0.15, 0.2) is 16.3 Å². The molecule has 0 aliphatic carbocycles. The van der Waals surface area contributed by atoms with Gasteiger partial charge in [0.05, 0.1) is 14.2 Å². The zero-order chi connectivity index (χ0) is 20.1. The molecule has 142 valence electrons. The van der Waals surface area contributed by atoms with Gasteiger partial charge in [-0.3, -0.25) is 0 Å². The van der Waals surface area contributed by atoms with E-state index in [1.807, 2.05) is 0 Å². The third-order valence-electron chi connectivity index (χ3n) is 4.12. The van der Waals surface area contributed by atoms with Crippen LogP contribution >= 0.6 is 27.3 Å². The fourth-order valence-electron chi connectivity index (χ4n) is 2.83. The Kier molecular flexibility index (Phi) is 4.48. The van der Waals surface area contributed by atoms with Crippen molar-refractivity contribution < 1.29 is 23.4 Å². The molecule has 3 aromatic heterocycles. The summed E-state index contributed by atoms with van der Waals surface area (Å²) in [5, 5.41) is 19.8. The summed E-state index contributed by atoms with van der Waals surface area (Å²) in [6, 6.07) is 11.2. The highest BCUT2D eigenvalue weighted by Crippen LogP contribution is 2.46. The molecule has 0 amide bonds. The second-order valence-corrected chi connectivity index (χ2v) is 9.38. The first-order chi connectivity index (χ1) is 13.3. The predicted octanol–water partition coefficient (Wildman–Crippen LogP) is 4.17. The maximum atomic E-state index is 13.0. The molecule has 0 saturated carbocycles. The molecular weight excluding hydrogens is 468 g/mol. The number of pyridine rings is 1. The molecule has 0 spiro atoms. The van der Waals surface area contributed by atoms with Crippen molar-refractivity contribution in [3.05, 3.63) is 64.2 Å². The van der Waals surface area contributed by atoms with Crippen molar-refractivity contribution in [2.24, 2.45) is 0 Å². The number of benzene rings is 1. The van der Waals surface area contributed by atoms with Crippen LogP contribution in [-0.2, 0) is 10.0 Å². The molecule has 10 heteroatoms. The predicted molar refractivity (Wildman–Crippen MR) is 108 cm³/mol. The van der Waals surface area contributed by atoms with Gasteiger partial charge in [0.1, 0.15) is 0 Å². The number of carbonyl (C=O) groups is 1. The average molecular weight is 479 g/mol. The number of thiophene rings is 1. The van der Waals surface area contributed by atoms with Crippen molar-refractivity contribution in [1.29, 1.82) is 0 Å².